The first-order valence-corrected chi connectivity index (χ1v) is 14.2. The average Bonchev–Trinajstić information content (AvgIpc) is 2.93. The van der Waals surface area contributed by atoms with Crippen LogP contribution in [0.3, 0.4) is 0 Å². The second-order valence-electron chi connectivity index (χ2n) is 10.6. The minimum Gasteiger partial charge on any atom is -0.0748 e. The minimum atomic E-state index is -2.52. The Bertz CT molecular complexity index is 1120. The summed E-state index contributed by atoms with van der Waals surface area (Å²) in [6.45, 7) is 20.6. The SMILES string of the molecule is CC1=CC(C)C([Si](c2cc(C)cc(C)c2)(c2cc(C)cc(C)c2)c2cc(C)cc(C)c2)=C1C. The van der Waals surface area contributed by atoms with E-state index in [0.29, 0.717) is 5.92 Å². The summed E-state index contributed by atoms with van der Waals surface area (Å²) < 4.78 is 0. The van der Waals surface area contributed by atoms with Crippen molar-refractivity contribution in [1.82, 2.24) is 0 Å². The summed E-state index contributed by atoms with van der Waals surface area (Å²) in [5.41, 5.74) is 11.0. The third kappa shape index (κ3) is 4.08. The second kappa shape index (κ2) is 8.61. The molecule has 0 radical (unpaired) electrons. The molecule has 1 heteroatoms. The van der Waals surface area contributed by atoms with E-state index < -0.39 is 8.07 Å². The molecule has 3 aromatic rings. The summed E-state index contributed by atoms with van der Waals surface area (Å²) >= 11 is 0. The van der Waals surface area contributed by atoms with Crippen LogP contribution in [0.4, 0.5) is 0 Å². The van der Waals surface area contributed by atoms with Crippen LogP contribution in [0.1, 0.15) is 54.2 Å². The Morgan fingerprint density at radius 3 is 1.03 bits per heavy atom. The molecule has 0 amide bonds. The van der Waals surface area contributed by atoms with Gasteiger partial charge in [-0.15, -0.1) is 0 Å². The Balaban J connectivity index is 2.27. The lowest BCUT2D eigenvalue weighted by Crippen LogP contribution is -2.70. The van der Waals surface area contributed by atoms with Gasteiger partial charge in [-0.3, -0.25) is 0 Å². The lowest BCUT2D eigenvalue weighted by Gasteiger charge is -2.39. The van der Waals surface area contributed by atoms with Crippen molar-refractivity contribution in [3.05, 3.63) is 110 Å². The van der Waals surface area contributed by atoms with Crippen LogP contribution >= 0.6 is 0 Å². The Kier molecular flexibility index (Phi) is 6.14. The first-order chi connectivity index (χ1) is 15.5. The van der Waals surface area contributed by atoms with Crippen LogP contribution in [0, 0.1) is 47.5 Å². The third-order valence-electron chi connectivity index (χ3n) is 7.32. The highest BCUT2D eigenvalue weighted by Crippen LogP contribution is 2.37. The second-order valence-corrected chi connectivity index (χ2v) is 14.3. The Morgan fingerprint density at radius 1 is 0.485 bits per heavy atom. The topological polar surface area (TPSA) is 0 Å². The summed E-state index contributed by atoms with van der Waals surface area (Å²) in [6.07, 6.45) is 2.49. The molecule has 0 saturated heterocycles. The molecule has 33 heavy (non-hydrogen) atoms. The van der Waals surface area contributed by atoms with E-state index in [9.17, 15) is 0 Å². The molecule has 1 atom stereocenters. The standard InChI is InChI=1S/C32H38Si/c1-20-10-21(2)14-29(13-20)33(30-15-22(3)11-23(4)16-30,31-17-24(5)12-25(6)18-31)32-27(8)19-26(7)28(32)9/h10-19,27H,1-9H3. The number of hydrogen-bond acceptors (Lipinski definition) is 0. The monoisotopic (exact) mass is 450 g/mol. The fraction of sp³-hybridized carbons (Fsp3) is 0.312. The number of allylic oxidation sites excluding steroid dienone is 4. The van der Waals surface area contributed by atoms with Gasteiger partial charge in [-0.1, -0.05) is 117 Å². The van der Waals surface area contributed by atoms with Crippen LogP contribution in [0.25, 0.3) is 0 Å². The van der Waals surface area contributed by atoms with Gasteiger partial charge in [0.1, 0.15) is 0 Å². The molecular formula is C32H38Si. The number of hydrogen-bond donors (Lipinski definition) is 0. The summed E-state index contributed by atoms with van der Waals surface area (Å²) in [6, 6.07) is 21.8. The minimum absolute atomic E-state index is 0.430. The first-order valence-electron chi connectivity index (χ1n) is 12.2. The first kappa shape index (κ1) is 23.5. The van der Waals surface area contributed by atoms with Crippen molar-refractivity contribution >= 4 is 23.6 Å². The van der Waals surface area contributed by atoms with Crippen LogP contribution < -0.4 is 15.6 Å². The zero-order chi connectivity index (χ0) is 24.1. The molecular weight excluding hydrogens is 412 g/mol. The quantitative estimate of drug-likeness (QED) is 0.316. The van der Waals surface area contributed by atoms with Gasteiger partial charge in [-0.2, -0.15) is 0 Å². The van der Waals surface area contributed by atoms with E-state index in [2.05, 4.69) is 123 Å². The molecule has 4 rings (SSSR count). The number of aryl methyl sites for hydroxylation is 6. The van der Waals surface area contributed by atoms with Crippen LogP contribution in [-0.2, 0) is 0 Å². The molecule has 170 valence electrons. The molecule has 0 spiro atoms. The van der Waals surface area contributed by atoms with Crippen molar-refractivity contribution in [2.75, 3.05) is 0 Å². The van der Waals surface area contributed by atoms with Gasteiger partial charge in [0.15, 0.2) is 8.07 Å². The maximum Gasteiger partial charge on any atom is 0.176 e. The summed E-state index contributed by atoms with van der Waals surface area (Å²) in [5, 5.41) is 6.19. The third-order valence-corrected chi connectivity index (χ3v) is 12.4. The lowest BCUT2D eigenvalue weighted by molar-refractivity contribution is 0.922. The molecule has 0 heterocycles. The highest BCUT2D eigenvalue weighted by molar-refractivity contribution is 7.16. The van der Waals surface area contributed by atoms with Crippen molar-refractivity contribution in [1.29, 1.82) is 0 Å². The summed E-state index contributed by atoms with van der Waals surface area (Å²) in [5.74, 6) is 0.430. The summed E-state index contributed by atoms with van der Waals surface area (Å²) in [7, 11) is -2.52. The molecule has 0 saturated carbocycles. The molecule has 0 aliphatic heterocycles. The van der Waals surface area contributed by atoms with Gasteiger partial charge >= 0.3 is 0 Å². The van der Waals surface area contributed by atoms with Crippen LogP contribution in [0.2, 0.25) is 0 Å². The zero-order valence-electron chi connectivity index (χ0n) is 21.9. The van der Waals surface area contributed by atoms with Crippen molar-refractivity contribution in [2.24, 2.45) is 5.92 Å². The van der Waals surface area contributed by atoms with Gasteiger partial charge in [-0.05, 0) is 76.9 Å². The van der Waals surface area contributed by atoms with Gasteiger partial charge in [0, 0.05) is 0 Å². The highest BCUT2D eigenvalue weighted by atomic mass is 28.3. The van der Waals surface area contributed by atoms with Gasteiger partial charge in [0.2, 0.25) is 0 Å². The largest absolute Gasteiger partial charge is 0.176 e. The van der Waals surface area contributed by atoms with Crippen molar-refractivity contribution in [3.63, 3.8) is 0 Å². The molecule has 0 aromatic heterocycles. The molecule has 0 nitrogen and oxygen atoms in total. The molecule has 0 fully saturated rings. The average molecular weight is 451 g/mol. The van der Waals surface area contributed by atoms with Crippen LogP contribution in [0.15, 0.2) is 77.0 Å². The van der Waals surface area contributed by atoms with Crippen LogP contribution in [0.5, 0.6) is 0 Å². The van der Waals surface area contributed by atoms with Gasteiger partial charge in [-0.25, -0.2) is 0 Å². The van der Waals surface area contributed by atoms with E-state index in [1.807, 2.05) is 0 Å². The lowest BCUT2D eigenvalue weighted by atomic mass is 10.1. The zero-order valence-corrected chi connectivity index (χ0v) is 22.9. The Labute approximate surface area is 202 Å². The highest BCUT2D eigenvalue weighted by Gasteiger charge is 2.47. The predicted molar refractivity (Wildman–Crippen MR) is 148 cm³/mol. The molecule has 1 unspecified atom stereocenters. The molecule has 0 N–H and O–H groups in total. The van der Waals surface area contributed by atoms with Gasteiger partial charge in [0.25, 0.3) is 0 Å². The van der Waals surface area contributed by atoms with Gasteiger partial charge < -0.3 is 0 Å². The number of benzene rings is 3. The fourth-order valence-electron chi connectivity index (χ4n) is 6.30. The van der Waals surface area contributed by atoms with E-state index in [1.165, 1.54) is 60.1 Å². The molecule has 1 aliphatic carbocycles. The van der Waals surface area contributed by atoms with Crippen molar-refractivity contribution < 1.29 is 0 Å². The molecule has 1 aliphatic rings. The normalized spacial score (nSPS) is 16.4. The van der Waals surface area contributed by atoms with Crippen molar-refractivity contribution in [3.8, 4) is 0 Å². The molecule has 3 aromatic carbocycles. The van der Waals surface area contributed by atoms with Gasteiger partial charge in [0.05, 0.1) is 0 Å². The molecule has 0 bridgehead atoms. The summed E-state index contributed by atoms with van der Waals surface area (Å²) in [4.78, 5) is 0. The Morgan fingerprint density at radius 2 is 0.788 bits per heavy atom. The maximum atomic E-state index is 2.49. The van der Waals surface area contributed by atoms with E-state index in [4.69, 9.17) is 0 Å². The number of rotatable bonds is 4. The van der Waals surface area contributed by atoms with E-state index in [0.717, 1.165) is 0 Å². The van der Waals surface area contributed by atoms with Crippen molar-refractivity contribution in [2.45, 2.75) is 62.3 Å². The fourth-order valence-corrected chi connectivity index (χ4v) is 12.4. The van der Waals surface area contributed by atoms with E-state index in [1.54, 1.807) is 5.20 Å². The van der Waals surface area contributed by atoms with E-state index in [-0.39, 0.29) is 0 Å². The smallest absolute Gasteiger partial charge is 0.0748 e. The maximum absolute atomic E-state index is 2.52. The van der Waals surface area contributed by atoms with E-state index >= 15 is 0 Å². The Hall–Kier alpha value is -2.64. The van der Waals surface area contributed by atoms with Crippen LogP contribution in [-0.4, -0.2) is 8.07 Å². The predicted octanol–water partition coefficient (Wildman–Crippen LogP) is 6.46.